The Hall–Kier alpha value is -2.32. The molecule has 1 aliphatic rings. The molecule has 0 aliphatic carbocycles. The summed E-state index contributed by atoms with van der Waals surface area (Å²) in [7, 11) is 0. The number of aromatic nitrogens is 3. The van der Waals surface area contributed by atoms with E-state index in [0.717, 1.165) is 27.1 Å². The molecule has 28 heavy (non-hydrogen) atoms. The summed E-state index contributed by atoms with van der Waals surface area (Å²) in [6.45, 7) is 5.95. The number of amides is 1. The number of nitrogens with one attached hydrogen (secondary N) is 2. The van der Waals surface area contributed by atoms with Crippen LogP contribution in [0, 0.1) is 20.8 Å². The average molecular weight is 458 g/mol. The SMILES string of the molecule is Cc1ccc([C@@H]2Nn3c(C)nnc3S[C@H]2C(=O)Nc2ccc(C)cc2Br)cc1. The lowest BCUT2D eigenvalue weighted by Gasteiger charge is -2.32. The summed E-state index contributed by atoms with van der Waals surface area (Å²) in [6, 6.07) is 13.9. The molecule has 2 atom stereocenters. The minimum Gasteiger partial charge on any atom is -0.324 e. The topological polar surface area (TPSA) is 71.8 Å². The quantitative estimate of drug-likeness (QED) is 0.610. The molecule has 0 saturated carbocycles. The Bertz CT molecular complexity index is 1030. The van der Waals surface area contributed by atoms with Gasteiger partial charge in [0, 0.05) is 4.47 Å². The molecule has 2 N–H and O–H groups in total. The van der Waals surface area contributed by atoms with Gasteiger partial charge < -0.3 is 10.7 Å². The van der Waals surface area contributed by atoms with Gasteiger partial charge in [-0.05, 0) is 60.0 Å². The van der Waals surface area contributed by atoms with Gasteiger partial charge in [0.05, 0.1) is 11.7 Å². The smallest absolute Gasteiger partial charge is 0.240 e. The van der Waals surface area contributed by atoms with Crippen molar-refractivity contribution < 1.29 is 4.79 Å². The number of nitrogens with zero attached hydrogens (tertiary/aromatic N) is 3. The van der Waals surface area contributed by atoms with E-state index >= 15 is 0 Å². The monoisotopic (exact) mass is 457 g/mol. The molecule has 3 aromatic rings. The number of anilines is 1. The van der Waals surface area contributed by atoms with Gasteiger partial charge in [-0.2, -0.15) is 0 Å². The number of hydrogen-bond donors (Lipinski definition) is 2. The van der Waals surface area contributed by atoms with Crippen LogP contribution in [0.3, 0.4) is 0 Å². The van der Waals surface area contributed by atoms with Gasteiger partial charge in [-0.15, -0.1) is 10.2 Å². The summed E-state index contributed by atoms with van der Waals surface area (Å²) in [6.07, 6.45) is 0. The number of hydrogen-bond acceptors (Lipinski definition) is 5. The molecule has 6 nitrogen and oxygen atoms in total. The lowest BCUT2D eigenvalue weighted by molar-refractivity contribution is -0.116. The van der Waals surface area contributed by atoms with Crippen molar-refractivity contribution in [1.82, 2.24) is 14.9 Å². The Balaban J connectivity index is 1.67. The highest BCUT2D eigenvalue weighted by Crippen LogP contribution is 2.38. The van der Waals surface area contributed by atoms with Crippen molar-refractivity contribution in [2.75, 3.05) is 10.7 Å². The van der Waals surface area contributed by atoms with Gasteiger partial charge in [0.1, 0.15) is 11.1 Å². The van der Waals surface area contributed by atoms with Crippen LogP contribution in [0.4, 0.5) is 5.69 Å². The van der Waals surface area contributed by atoms with E-state index in [2.05, 4.69) is 61.1 Å². The van der Waals surface area contributed by atoms with Crippen molar-refractivity contribution in [2.45, 2.75) is 37.2 Å². The lowest BCUT2D eigenvalue weighted by Crippen LogP contribution is -2.41. The van der Waals surface area contributed by atoms with E-state index in [4.69, 9.17) is 0 Å². The number of carbonyl (C=O) groups excluding carboxylic acids is 1. The van der Waals surface area contributed by atoms with E-state index < -0.39 is 5.25 Å². The van der Waals surface area contributed by atoms with Crippen molar-refractivity contribution in [3.63, 3.8) is 0 Å². The fourth-order valence-corrected chi connectivity index (χ4v) is 4.83. The fourth-order valence-electron chi connectivity index (χ4n) is 3.11. The molecule has 2 aromatic carbocycles. The average Bonchev–Trinajstić information content (AvgIpc) is 3.04. The second kappa shape index (κ2) is 7.60. The first-order valence-electron chi connectivity index (χ1n) is 8.91. The molecule has 1 amide bonds. The van der Waals surface area contributed by atoms with Gasteiger partial charge in [-0.3, -0.25) is 4.79 Å². The van der Waals surface area contributed by atoms with Crippen molar-refractivity contribution in [1.29, 1.82) is 0 Å². The van der Waals surface area contributed by atoms with Crippen LogP contribution in [-0.4, -0.2) is 26.0 Å². The molecule has 0 spiro atoms. The maximum Gasteiger partial charge on any atom is 0.240 e. The first-order valence-corrected chi connectivity index (χ1v) is 10.6. The Morgan fingerprint density at radius 2 is 1.82 bits per heavy atom. The molecule has 1 aliphatic heterocycles. The summed E-state index contributed by atoms with van der Waals surface area (Å²) in [5, 5.41) is 11.7. The molecule has 8 heteroatoms. The summed E-state index contributed by atoms with van der Waals surface area (Å²) >= 11 is 4.95. The van der Waals surface area contributed by atoms with Gasteiger partial charge in [0.2, 0.25) is 11.1 Å². The number of carbonyl (C=O) groups is 1. The molecular weight excluding hydrogens is 438 g/mol. The van der Waals surface area contributed by atoms with Crippen LogP contribution < -0.4 is 10.7 Å². The van der Waals surface area contributed by atoms with Crippen LogP contribution in [0.25, 0.3) is 0 Å². The zero-order chi connectivity index (χ0) is 19.8. The molecule has 4 rings (SSSR count). The minimum atomic E-state index is -0.396. The Kier molecular flexibility index (Phi) is 5.16. The van der Waals surface area contributed by atoms with Crippen LogP contribution in [-0.2, 0) is 4.79 Å². The zero-order valence-electron chi connectivity index (χ0n) is 15.7. The van der Waals surface area contributed by atoms with Crippen molar-refractivity contribution in [2.24, 2.45) is 0 Å². The maximum atomic E-state index is 13.2. The highest BCUT2D eigenvalue weighted by Gasteiger charge is 2.37. The van der Waals surface area contributed by atoms with Crippen molar-refractivity contribution in [3.05, 3.63) is 69.5 Å². The number of halogens is 1. The first kappa shape index (κ1) is 19.0. The van der Waals surface area contributed by atoms with Gasteiger partial charge in [0.25, 0.3) is 0 Å². The Morgan fingerprint density at radius 1 is 1.11 bits per heavy atom. The van der Waals surface area contributed by atoms with Crippen molar-refractivity contribution >= 4 is 39.3 Å². The molecule has 0 bridgehead atoms. The number of fused-ring (bicyclic) bond motifs is 1. The minimum absolute atomic E-state index is 0.0838. The highest BCUT2D eigenvalue weighted by molar-refractivity contribution is 9.10. The molecule has 0 fully saturated rings. The van der Waals surface area contributed by atoms with E-state index in [-0.39, 0.29) is 11.9 Å². The summed E-state index contributed by atoms with van der Waals surface area (Å²) in [4.78, 5) is 13.2. The summed E-state index contributed by atoms with van der Waals surface area (Å²) < 4.78 is 2.71. The van der Waals surface area contributed by atoms with E-state index in [1.807, 2.05) is 43.6 Å². The Labute approximate surface area is 176 Å². The number of rotatable bonds is 3. The normalized spacial score (nSPS) is 18.3. The van der Waals surface area contributed by atoms with Crippen LogP contribution in [0.1, 0.15) is 28.6 Å². The van der Waals surface area contributed by atoms with E-state index in [1.165, 1.54) is 17.3 Å². The fraction of sp³-hybridized carbons (Fsp3) is 0.250. The van der Waals surface area contributed by atoms with Crippen LogP contribution in [0.5, 0.6) is 0 Å². The van der Waals surface area contributed by atoms with Crippen LogP contribution in [0.2, 0.25) is 0 Å². The standard InChI is InChI=1S/C20H20BrN5OS/c1-11-4-7-14(8-5-11)17-18(28-20-24-23-13(3)26(20)25-17)19(27)22-16-9-6-12(2)10-15(16)21/h4-10,17-18,25H,1-3H3,(H,22,27)/t17-,18+/m0/s1. The van der Waals surface area contributed by atoms with Gasteiger partial charge in [0.15, 0.2) is 0 Å². The van der Waals surface area contributed by atoms with E-state index in [9.17, 15) is 4.79 Å². The number of thioether (sulfide) groups is 1. The predicted molar refractivity (Wildman–Crippen MR) is 115 cm³/mol. The molecular formula is C20H20BrN5OS. The van der Waals surface area contributed by atoms with E-state index in [1.54, 1.807) is 0 Å². The van der Waals surface area contributed by atoms with Gasteiger partial charge in [-0.25, -0.2) is 4.68 Å². The second-order valence-electron chi connectivity index (χ2n) is 6.89. The molecule has 144 valence electrons. The summed E-state index contributed by atoms with van der Waals surface area (Å²) in [5.74, 6) is 0.680. The van der Waals surface area contributed by atoms with Gasteiger partial charge in [-0.1, -0.05) is 47.7 Å². The van der Waals surface area contributed by atoms with Crippen molar-refractivity contribution in [3.8, 4) is 0 Å². The first-order chi connectivity index (χ1) is 13.4. The molecule has 0 saturated heterocycles. The third-order valence-corrected chi connectivity index (χ3v) is 6.55. The lowest BCUT2D eigenvalue weighted by atomic mass is 10.0. The van der Waals surface area contributed by atoms with E-state index in [0.29, 0.717) is 5.16 Å². The third-order valence-electron chi connectivity index (χ3n) is 4.68. The zero-order valence-corrected chi connectivity index (χ0v) is 18.1. The summed E-state index contributed by atoms with van der Waals surface area (Å²) in [5.41, 5.74) is 7.52. The molecule has 1 aromatic heterocycles. The number of aryl methyl sites for hydroxylation is 3. The number of benzene rings is 2. The molecule has 0 radical (unpaired) electrons. The Morgan fingerprint density at radius 3 is 2.54 bits per heavy atom. The van der Waals surface area contributed by atoms with Crippen LogP contribution >= 0.6 is 27.7 Å². The predicted octanol–water partition coefficient (Wildman–Crippen LogP) is 4.36. The maximum absolute atomic E-state index is 13.2. The second-order valence-corrected chi connectivity index (χ2v) is 8.86. The van der Waals surface area contributed by atoms with Gasteiger partial charge >= 0.3 is 0 Å². The molecule has 0 unspecified atom stereocenters. The largest absolute Gasteiger partial charge is 0.324 e. The molecule has 2 heterocycles. The highest BCUT2D eigenvalue weighted by atomic mass is 79.9. The third kappa shape index (κ3) is 3.66. The van der Waals surface area contributed by atoms with Crippen LogP contribution in [0.15, 0.2) is 52.1 Å².